The Morgan fingerprint density at radius 1 is 1.09 bits per heavy atom. The lowest BCUT2D eigenvalue weighted by atomic mass is 9.93. The first-order valence-electron chi connectivity index (χ1n) is 10.2. The minimum Gasteiger partial charge on any atom is -0.507 e. The second-order valence-electron chi connectivity index (χ2n) is 8.01. The van der Waals surface area contributed by atoms with Gasteiger partial charge in [0, 0.05) is 16.1 Å². The van der Waals surface area contributed by atoms with Gasteiger partial charge in [0.2, 0.25) is 0 Å². The molecule has 2 aromatic carbocycles. The molecule has 4 rings (SSSR count). The Morgan fingerprint density at radius 2 is 1.76 bits per heavy atom. The Balaban J connectivity index is 1.98. The van der Waals surface area contributed by atoms with Gasteiger partial charge in [-0.3, -0.25) is 19.3 Å². The molecule has 1 amide bonds. The van der Waals surface area contributed by atoms with E-state index in [-0.39, 0.29) is 22.2 Å². The van der Waals surface area contributed by atoms with E-state index in [0.29, 0.717) is 21.7 Å². The van der Waals surface area contributed by atoms with Crippen molar-refractivity contribution >= 4 is 62.3 Å². The molecule has 1 aliphatic heterocycles. The minimum absolute atomic E-state index is 0.00661. The Kier molecular flexibility index (Phi) is 6.24. The maximum absolute atomic E-state index is 13.3. The number of benzene rings is 2. The topological polar surface area (TPSA) is 87.6 Å². The van der Waals surface area contributed by atoms with Crippen LogP contribution in [0.4, 0.5) is 5.13 Å². The standard InChI is InChI=1S/C25H21IN2O4S/c1-12-5-6-13(2)18(11-12)21(30)19-20(16-7-9-17(26)10-8-16)28(24(32)22(19)31)25-27-14(3)23(33-25)15(4)29/h5-11,20,30H,1-4H3/b21-19+. The van der Waals surface area contributed by atoms with E-state index in [4.69, 9.17) is 0 Å². The van der Waals surface area contributed by atoms with Crippen molar-refractivity contribution in [1.82, 2.24) is 4.98 Å². The summed E-state index contributed by atoms with van der Waals surface area (Å²) < 4.78 is 0.992. The largest absolute Gasteiger partial charge is 0.507 e. The van der Waals surface area contributed by atoms with Gasteiger partial charge in [0.1, 0.15) is 5.76 Å². The third-order valence-electron chi connectivity index (χ3n) is 5.59. The molecule has 0 spiro atoms. The van der Waals surface area contributed by atoms with Crippen molar-refractivity contribution in [3.8, 4) is 0 Å². The lowest BCUT2D eigenvalue weighted by molar-refractivity contribution is -0.132. The van der Waals surface area contributed by atoms with E-state index < -0.39 is 17.7 Å². The summed E-state index contributed by atoms with van der Waals surface area (Å²) in [7, 11) is 0. The average Bonchev–Trinajstić information content (AvgIpc) is 3.27. The number of Topliss-reactive ketones (excluding diaryl/α,β-unsaturated/α-hetero) is 2. The number of hydrogen-bond acceptors (Lipinski definition) is 6. The Labute approximate surface area is 209 Å². The Bertz CT molecular complexity index is 1340. The van der Waals surface area contributed by atoms with Gasteiger partial charge < -0.3 is 5.11 Å². The molecule has 1 saturated heterocycles. The molecule has 33 heavy (non-hydrogen) atoms. The van der Waals surface area contributed by atoms with Gasteiger partial charge in [-0.1, -0.05) is 41.2 Å². The van der Waals surface area contributed by atoms with Crippen molar-refractivity contribution in [2.45, 2.75) is 33.7 Å². The van der Waals surface area contributed by atoms with E-state index in [1.54, 1.807) is 13.0 Å². The van der Waals surface area contributed by atoms with Gasteiger partial charge in [-0.15, -0.1) is 0 Å². The van der Waals surface area contributed by atoms with E-state index in [2.05, 4.69) is 27.6 Å². The van der Waals surface area contributed by atoms with Crippen LogP contribution in [0.3, 0.4) is 0 Å². The number of halogens is 1. The van der Waals surface area contributed by atoms with Gasteiger partial charge in [-0.05, 0) is 72.7 Å². The normalized spacial score (nSPS) is 17.6. The number of rotatable bonds is 4. The maximum Gasteiger partial charge on any atom is 0.301 e. The van der Waals surface area contributed by atoms with Crippen LogP contribution in [0.2, 0.25) is 0 Å². The zero-order valence-electron chi connectivity index (χ0n) is 18.5. The summed E-state index contributed by atoms with van der Waals surface area (Å²) in [6.45, 7) is 6.87. The van der Waals surface area contributed by atoms with Crippen LogP contribution >= 0.6 is 33.9 Å². The maximum atomic E-state index is 13.3. The molecule has 1 unspecified atom stereocenters. The molecule has 1 N–H and O–H groups in total. The van der Waals surface area contributed by atoms with E-state index in [1.165, 1.54) is 11.8 Å². The number of carbonyl (C=O) groups excluding carboxylic acids is 3. The number of aliphatic hydroxyl groups excluding tert-OH is 1. The van der Waals surface area contributed by atoms with Crippen LogP contribution in [0.5, 0.6) is 0 Å². The van der Waals surface area contributed by atoms with Crippen molar-refractivity contribution in [2.75, 3.05) is 4.90 Å². The summed E-state index contributed by atoms with van der Waals surface area (Å²) in [5.41, 5.74) is 3.38. The molecule has 0 radical (unpaired) electrons. The number of nitrogens with zero attached hydrogens (tertiary/aromatic N) is 2. The Morgan fingerprint density at radius 3 is 2.36 bits per heavy atom. The van der Waals surface area contributed by atoms with Crippen LogP contribution in [0.15, 0.2) is 48.0 Å². The zero-order chi connectivity index (χ0) is 24.0. The number of amides is 1. The third-order valence-corrected chi connectivity index (χ3v) is 7.57. The van der Waals surface area contributed by atoms with E-state index in [1.807, 2.05) is 50.2 Å². The molecular weight excluding hydrogens is 551 g/mol. The molecule has 0 aliphatic carbocycles. The number of aryl methyl sites for hydroxylation is 3. The minimum atomic E-state index is -0.868. The monoisotopic (exact) mass is 572 g/mol. The van der Waals surface area contributed by atoms with Gasteiger partial charge in [0.15, 0.2) is 10.9 Å². The zero-order valence-corrected chi connectivity index (χ0v) is 21.4. The van der Waals surface area contributed by atoms with Crippen molar-refractivity contribution < 1.29 is 19.5 Å². The predicted molar refractivity (Wildman–Crippen MR) is 137 cm³/mol. The summed E-state index contributed by atoms with van der Waals surface area (Å²) in [4.78, 5) is 44.7. The number of aliphatic hydroxyl groups is 1. The molecule has 1 fully saturated rings. The Hall–Kier alpha value is -2.85. The highest BCUT2D eigenvalue weighted by Gasteiger charge is 2.48. The molecular formula is C25H21IN2O4S. The van der Waals surface area contributed by atoms with E-state index >= 15 is 0 Å². The summed E-state index contributed by atoms with van der Waals surface area (Å²) in [5.74, 6) is -1.95. The fraction of sp³-hybridized carbons (Fsp3) is 0.200. The van der Waals surface area contributed by atoms with Gasteiger partial charge in [0.25, 0.3) is 5.78 Å². The van der Waals surface area contributed by atoms with E-state index in [0.717, 1.165) is 26.0 Å². The van der Waals surface area contributed by atoms with Crippen molar-refractivity contribution in [1.29, 1.82) is 0 Å². The van der Waals surface area contributed by atoms with Gasteiger partial charge in [-0.25, -0.2) is 4.98 Å². The van der Waals surface area contributed by atoms with Crippen molar-refractivity contribution in [2.24, 2.45) is 0 Å². The highest BCUT2D eigenvalue weighted by Crippen LogP contribution is 2.44. The number of ketones is 2. The first-order valence-corrected chi connectivity index (χ1v) is 12.1. The summed E-state index contributed by atoms with van der Waals surface area (Å²) in [6, 6.07) is 12.1. The molecule has 0 bridgehead atoms. The molecule has 1 atom stereocenters. The molecule has 168 valence electrons. The number of carbonyl (C=O) groups is 3. The van der Waals surface area contributed by atoms with Crippen LogP contribution in [-0.4, -0.2) is 27.6 Å². The number of thiazole rings is 1. The van der Waals surface area contributed by atoms with Crippen LogP contribution in [0, 0.1) is 24.3 Å². The van der Waals surface area contributed by atoms with Crippen LogP contribution in [0.1, 0.15) is 50.6 Å². The second kappa shape index (κ2) is 8.83. The lowest BCUT2D eigenvalue weighted by Gasteiger charge is -2.23. The summed E-state index contributed by atoms with van der Waals surface area (Å²) in [6.07, 6.45) is 0. The second-order valence-corrected chi connectivity index (χ2v) is 10.2. The predicted octanol–water partition coefficient (Wildman–Crippen LogP) is 5.50. The number of anilines is 1. The molecule has 0 saturated carbocycles. The first kappa shape index (κ1) is 23.3. The smallest absolute Gasteiger partial charge is 0.301 e. The molecule has 2 heterocycles. The highest BCUT2D eigenvalue weighted by molar-refractivity contribution is 14.1. The molecule has 6 nitrogen and oxygen atoms in total. The average molecular weight is 572 g/mol. The van der Waals surface area contributed by atoms with E-state index in [9.17, 15) is 19.5 Å². The number of hydrogen-bond donors (Lipinski definition) is 1. The quantitative estimate of drug-likeness (QED) is 0.147. The first-order chi connectivity index (χ1) is 15.6. The van der Waals surface area contributed by atoms with Crippen molar-refractivity contribution in [3.63, 3.8) is 0 Å². The van der Waals surface area contributed by atoms with Crippen molar-refractivity contribution in [3.05, 3.63) is 84.4 Å². The van der Waals surface area contributed by atoms with Crippen LogP contribution in [-0.2, 0) is 9.59 Å². The molecule has 1 aromatic heterocycles. The third kappa shape index (κ3) is 4.13. The molecule has 1 aliphatic rings. The van der Waals surface area contributed by atoms with Gasteiger partial charge in [-0.2, -0.15) is 0 Å². The summed E-state index contributed by atoms with van der Waals surface area (Å²) >= 11 is 3.25. The summed E-state index contributed by atoms with van der Waals surface area (Å²) in [5, 5.41) is 11.6. The van der Waals surface area contributed by atoms with Crippen LogP contribution < -0.4 is 4.90 Å². The molecule has 8 heteroatoms. The highest BCUT2D eigenvalue weighted by atomic mass is 127. The van der Waals surface area contributed by atoms with Gasteiger partial charge >= 0.3 is 5.91 Å². The fourth-order valence-corrected chi connectivity index (χ4v) is 5.29. The van der Waals surface area contributed by atoms with Gasteiger partial charge in [0.05, 0.1) is 22.2 Å². The SMILES string of the molecule is CC(=O)c1sc(N2C(=O)C(=O)/C(=C(/O)c3cc(C)ccc3C)C2c2ccc(I)cc2)nc1C. The molecule has 3 aromatic rings. The van der Waals surface area contributed by atoms with Crippen LogP contribution in [0.25, 0.3) is 5.76 Å². The lowest BCUT2D eigenvalue weighted by Crippen LogP contribution is -2.29. The number of aromatic nitrogens is 1. The fourth-order valence-electron chi connectivity index (χ4n) is 3.94.